The molecular weight excluding hydrogens is 323 g/mol. The van der Waals surface area contributed by atoms with Crippen molar-refractivity contribution in [3.63, 3.8) is 0 Å². The van der Waals surface area contributed by atoms with Crippen LogP contribution in [0.3, 0.4) is 0 Å². The highest BCUT2D eigenvalue weighted by Gasteiger charge is 2.28. The molecule has 0 aliphatic carbocycles. The summed E-state index contributed by atoms with van der Waals surface area (Å²) in [7, 11) is 0. The molecule has 0 saturated carbocycles. The van der Waals surface area contributed by atoms with E-state index in [1.54, 1.807) is 0 Å². The molecule has 0 N–H and O–H groups in total. The second-order valence-corrected chi connectivity index (χ2v) is 5.23. The van der Waals surface area contributed by atoms with Crippen LogP contribution in [-0.2, 0) is 4.79 Å². The predicted molar refractivity (Wildman–Crippen MR) is 82.1 cm³/mol. The van der Waals surface area contributed by atoms with Gasteiger partial charge in [-0.1, -0.05) is 17.7 Å². The number of allylic oxidation sites excluding steroid dienone is 1. The van der Waals surface area contributed by atoms with E-state index in [2.05, 4.69) is 0 Å². The van der Waals surface area contributed by atoms with Gasteiger partial charge in [0.1, 0.15) is 17.3 Å². The zero-order valence-corrected chi connectivity index (χ0v) is 12.7. The first kappa shape index (κ1) is 15.2. The molecule has 1 heterocycles. The van der Waals surface area contributed by atoms with E-state index >= 15 is 0 Å². The zero-order chi connectivity index (χ0) is 16.6. The molecular formula is C17H10ClFO4. The van der Waals surface area contributed by atoms with Crippen molar-refractivity contribution in [3.8, 4) is 11.5 Å². The van der Waals surface area contributed by atoms with Crippen molar-refractivity contribution in [2.75, 3.05) is 0 Å². The van der Waals surface area contributed by atoms with E-state index in [1.165, 1.54) is 49.4 Å². The molecule has 0 aromatic heterocycles. The Kier molecular flexibility index (Phi) is 3.88. The highest BCUT2D eigenvalue weighted by atomic mass is 35.5. The first-order valence-corrected chi connectivity index (χ1v) is 7.04. The fraction of sp³-hybridized carbons (Fsp3) is 0.0588. The van der Waals surface area contributed by atoms with E-state index in [0.717, 1.165) is 0 Å². The maximum absolute atomic E-state index is 13.8. The summed E-state index contributed by atoms with van der Waals surface area (Å²) in [6.45, 7) is 1.27. The van der Waals surface area contributed by atoms with Gasteiger partial charge in [-0.2, -0.15) is 0 Å². The number of halogens is 2. The average molecular weight is 333 g/mol. The van der Waals surface area contributed by atoms with Gasteiger partial charge in [-0.3, -0.25) is 9.59 Å². The van der Waals surface area contributed by atoms with Crippen LogP contribution in [0.15, 0.2) is 42.2 Å². The molecule has 0 amide bonds. The highest BCUT2D eigenvalue weighted by molar-refractivity contribution is 6.32. The Morgan fingerprint density at radius 1 is 1.30 bits per heavy atom. The molecule has 0 saturated heterocycles. The summed E-state index contributed by atoms with van der Waals surface area (Å²) >= 11 is 5.94. The lowest BCUT2D eigenvalue weighted by atomic mass is 10.1. The Morgan fingerprint density at radius 2 is 2.09 bits per heavy atom. The molecule has 0 fully saturated rings. The summed E-state index contributed by atoms with van der Waals surface area (Å²) in [5.74, 6) is -0.983. The largest absolute Gasteiger partial charge is 0.452 e. The first-order valence-electron chi connectivity index (χ1n) is 6.66. The average Bonchev–Trinajstić information content (AvgIpc) is 2.78. The van der Waals surface area contributed by atoms with Crippen molar-refractivity contribution in [2.45, 2.75) is 6.92 Å². The van der Waals surface area contributed by atoms with Crippen LogP contribution in [0, 0.1) is 5.82 Å². The number of fused-ring (bicyclic) bond motifs is 1. The topological polar surface area (TPSA) is 52.6 Å². The monoisotopic (exact) mass is 332 g/mol. The lowest BCUT2D eigenvalue weighted by Gasteiger charge is -2.03. The van der Waals surface area contributed by atoms with Crippen molar-refractivity contribution < 1.29 is 23.5 Å². The minimum Gasteiger partial charge on any atom is -0.452 e. The predicted octanol–water partition coefficient (Wildman–Crippen LogP) is 4.02. The van der Waals surface area contributed by atoms with Gasteiger partial charge in [0.05, 0.1) is 10.6 Å². The molecule has 2 aromatic rings. The molecule has 4 nitrogen and oxygen atoms in total. The second-order valence-electron chi connectivity index (χ2n) is 4.83. The third-order valence-electron chi connectivity index (χ3n) is 3.18. The van der Waals surface area contributed by atoms with E-state index in [9.17, 15) is 14.0 Å². The van der Waals surface area contributed by atoms with Crippen molar-refractivity contribution >= 4 is 29.4 Å². The summed E-state index contributed by atoms with van der Waals surface area (Å²) in [5.41, 5.74) is 0.380. The molecule has 0 spiro atoms. The van der Waals surface area contributed by atoms with Gasteiger partial charge in [0.25, 0.3) is 0 Å². The molecule has 2 aromatic carbocycles. The van der Waals surface area contributed by atoms with Gasteiger partial charge in [0, 0.05) is 18.6 Å². The minimum atomic E-state index is -0.557. The molecule has 3 rings (SSSR count). The number of carbonyl (C=O) groups excluding carboxylic acids is 2. The minimum absolute atomic E-state index is 0.0491. The van der Waals surface area contributed by atoms with Gasteiger partial charge in [-0.05, 0) is 30.3 Å². The molecule has 0 bridgehead atoms. The Balaban J connectivity index is 1.97. The molecule has 23 heavy (non-hydrogen) atoms. The number of Topliss-reactive ketones (excluding diaryl/α,β-unsaturated/α-hetero) is 1. The molecule has 1 aliphatic rings. The maximum Gasteiger partial charge on any atom is 0.308 e. The number of hydrogen-bond acceptors (Lipinski definition) is 4. The van der Waals surface area contributed by atoms with Crippen molar-refractivity contribution in [1.29, 1.82) is 0 Å². The van der Waals surface area contributed by atoms with E-state index in [-0.39, 0.29) is 27.8 Å². The van der Waals surface area contributed by atoms with E-state index in [1.807, 2.05) is 0 Å². The second kappa shape index (κ2) is 5.85. The summed E-state index contributed by atoms with van der Waals surface area (Å²) in [5, 5.41) is 0.172. The van der Waals surface area contributed by atoms with Gasteiger partial charge in [0.2, 0.25) is 5.78 Å². The number of ether oxygens (including phenoxy) is 2. The van der Waals surface area contributed by atoms with Gasteiger partial charge in [-0.15, -0.1) is 0 Å². The van der Waals surface area contributed by atoms with Crippen LogP contribution in [0.5, 0.6) is 11.5 Å². The number of esters is 1. The van der Waals surface area contributed by atoms with Crippen LogP contribution < -0.4 is 9.47 Å². The summed E-state index contributed by atoms with van der Waals surface area (Å²) in [4.78, 5) is 23.3. The normalized spacial score (nSPS) is 14.6. The van der Waals surface area contributed by atoms with Crippen LogP contribution in [0.1, 0.15) is 22.8 Å². The molecule has 0 radical (unpaired) electrons. The Morgan fingerprint density at radius 3 is 2.78 bits per heavy atom. The summed E-state index contributed by atoms with van der Waals surface area (Å²) in [6.07, 6.45) is 1.26. The van der Waals surface area contributed by atoms with Crippen molar-refractivity contribution in [3.05, 3.63) is 64.1 Å². The smallest absolute Gasteiger partial charge is 0.308 e. The van der Waals surface area contributed by atoms with E-state index in [0.29, 0.717) is 5.56 Å². The molecule has 116 valence electrons. The maximum atomic E-state index is 13.8. The van der Waals surface area contributed by atoms with Crippen LogP contribution in [-0.4, -0.2) is 11.8 Å². The van der Waals surface area contributed by atoms with Crippen molar-refractivity contribution in [2.24, 2.45) is 0 Å². The lowest BCUT2D eigenvalue weighted by Crippen LogP contribution is -2.01. The van der Waals surface area contributed by atoms with Gasteiger partial charge in [0.15, 0.2) is 5.76 Å². The Bertz CT molecular complexity index is 837. The van der Waals surface area contributed by atoms with E-state index in [4.69, 9.17) is 21.1 Å². The van der Waals surface area contributed by atoms with Crippen LogP contribution >= 0.6 is 11.6 Å². The quantitative estimate of drug-likeness (QED) is 0.473. The first-order chi connectivity index (χ1) is 11.0. The molecule has 6 heteroatoms. The Labute approximate surface area is 136 Å². The zero-order valence-electron chi connectivity index (χ0n) is 11.9. The SMILES string of the molecule is CC(=O)Oc1ccc2c(c1)O/C(=C\c1c(F)cccc1Cl)C2=O. The summed E-state index contributed by atoms with van der Waals surface area (Å²) < 4.78 is 24.2. The molecule has 0 unspecified atom stereocenters. The third kappa shape index (κ3) is 2.96. The standard InChI is InChI=1S/C17H10ClFO4/c1-9(20)22-10-5-6-11-15(7-10)23-16(17(11)21)8-12-13(18)3-2-4-14(12)19/h2-8H,1H3/b16-8-. The lowest BCUT2D eigenvalue weighted by molar-refractivity contribution is -0.131. The fourth-order valence-corrected chi connectivity index (χ4v) is 2.39. The Hall–Kier alpha value is -2.66. The fourth-order valence-electron chi connectivity index (χ4n) is 2.18. The van der Waals surface area contributed by atoms with Crippen LogP contribution in [0.4, 0.5) is 4.39 Å². The molecule has 1 aliphatic heterocycles. The third-order valence-corrected chi connectivity index (χ3v) is 3.51. The number of benzene rings is 2. The number of hydrogen-bond donors (Lipinski definition) is 0. The van der Waals surface area contributed by atoms with Crippen molar-refractivity contribution in [1.82, 2.24) is 0 Å². The van der Waals surface area contributed by atoms with E-state index < -0.39 is 17.6 Å². The number of rotatable bonds is 2. The highest BCUT2D eigenvalue weighted by Crippen LogP contribution is 2.35. The molecule has 0 atom stereocenters. The van der Waals surface area contributed by atoms with Gasteiger partial charge < -0.3 is 9.47 Å². The number of ketones is 1. The van der Waals surface area contributed by atoms with Gasteiger partial charge >= 0.3 is 5.97 Å². The number of carbonyl (C=O) groups is 2. The van der Waals surface area contributed by atoms with Gasteiger partial charge in [-0.25, -0.2) is 4.39 Å². The van der Waals surface area contributed by atoms with Crippen LogP contribution in [0.25, 0.3) is 6.08 Å². The van der Waals surface area contributed by atoms with Crippen LogP contribution in [0.2, 0.25) is 5.02 Å². The summed E-state index contributed by atoms with van der Waals surface area (Å²) in [6, 6.07) is 8.63.